The van der Waals surface area contributed by atoms with Gasteiger partial charge in [0.2, 0.25) is 5.95 Å². The van der Waals surface area contributed by atoms with Gasteiger partial charge in [0, 0.05) is 27.4 Å². The maximum atomic E-state index is 12.5. The molecule has 0 fully saturated rings. The van der Waals surface area contributed by atoms with Crippen LogP contribution in [0.3, 0.4) is 0 Å². The van der Waals surface area contributed by atoms with Crippen molar-refractivity contribution in [3.05, 3.63) is 39.0 Å². The minimum absolute atomic E-state index is 0.121. The van der Waals surface area contributed by atoms with Crippen LogP contribution in [0.2, 0.25) is 0 Å². The Kier molecular flexibility index (Phi) is 2.75. The Balaban J connectivity index is 1.93. The molecule has 3 heterocycles. The average Bonchev–Trinajstić information content (AvgIpc) is 3.01. The molecule has 2 aromatic rings. The first-order valence-electron chi connectivity index (χ1n) is 7.16. The summed E-state index contributed by atoms with van der Waals surface area (Å²) < 4.78 is 1.86. The van der Waals surface area contributed by atoms with Gasteiger partial charge in [-0.1, -0.05) is 0 Å². The zero-order valence-electron chi connectivity index (χ0n) is 12.0. The molecule has 0 amide bonds. The third-order valence-electron chi connectivity index (χ3n) is 4.00. The normalized spacial score (nSPS) is 21.0. The Bertz CT molecular complexity index is 770. The van der Waals surface area contributed by atoms with Gasteiger partial charge >= 0.3 is 0 Å². The van der Waals surface area contributed by atoms with Crippen LogP contribution in [-0.4, -0.2) is 20.5 Å². The summed E-state index contributed by atoms with van der Waals surface area (Å²) in [5.41, 5.74) is 1.91. The lowest BCUT2D eigenvalue weighted by Gasteiger charge is -2.31. The van der Waals surface area contributed by atoms with Crippen molar-refractivity contribution < 1.29 is 4.79 Å². The highest BCUT2D eigenvalue weighted by molar-refractivity contribution is 7.12. The Hall–Kier alpha value is -1.95. The SMILES string of the molecule is Cc1nc2n(n1)C(c1ccc(C)s1)C1=C(CCCC1=O)N2. The van der Waals surface area contributed by atoms with Crippen molar-refractivity contribution in [3.8, 4) is 0 Å². The Morgan fingerprint density at radius 1 is 1.33 bits per heavy atom. The topological polar surface area (TPSA) is 59.8 Å². The van der Waals surface area contributed by atoms with Gasteiger partial charge in [-0.15, -0.1) is 11.3 Å². The molecule has 0 saturated heterocycles. The fourth-order valence-corrected chi connectivity index (χ4v) is 4.10. The van der Waals surface area contributed by atoms with Crippen molar-refractivity contribution in [2.45, 2.75) is 39.2 Å². The maximum Gasteiger partial charge on any atom is 0.226 e. The summed E-state index contributed by atoms with van der Waals surface area (Å²) in [5, 5.41) is 7.82. The van der Waals surface area contributed by atoms with Crippen molar-refractivity contribution in [2.75, 3.05) is 5.32 Å². The number of aromatic nitrogens is 3. The van der Waals surface area contributed by atoms with E-state index >= 15 is 0 Å². The number of carbonyl (C=O) groups excluding carboxylic acids is 1. The molecule has 1 atom stereocenters. The van der Waals surface area contributed by atoms with Gasteiger partial charge in [-0.25, -0.2) is 4.68 Å². The zero-order valence-corrected chi connectivity index (χ0v) is 12.8. The number of rotatable bonds is 1. The summed E-state index contributed by atoms with van der Waals surface area (Å²) in [5.74, 6) is 1.71. The number of nitrogens with zero attached hydrogens (tertiary/aromatic N) is 3. The van der Waals surface area contributed by atoms with E-state index in [4.69, 9.17) is 0 Å². The summed E-state index contributed by atoms with van der Waals surface area (Å²) in [6, 6.07) is 4.08. The van der Waals surface area contributed by atoms with Crippen LogP contribution < -0.4 is 5.32 Å². The predicted molar refractivity (Wildman–Crippen MR) is 81.5 cm³/mol. The van der Waals surface area contributed by atoms with Gasteiger partial charge in [0.1, 0.15) is 11.9 Å². The second-order valence-corrected chi connectivity index (χ2v) is 6.89. The summed E-state index contributed by atoms with van der Waals surface area (Å²) >= 11 is 1.72. The fourth-order valence-electron chi connectivity index (χ4n) is 3.13. The van der Waals surface area contributed by atoms with Crippen LogP contribution in [0, 0.1) is 13.8 Å². The molecular formula is C15H16N4OS. The first-order chi connectivity index (χ1) is 10.1. The van der Waals surface area contributed by atoms with Gasteiger partial charge in [-0.3, -0.25) is 4.79 Å². The largest absolute Gasteiger partial charge is 0.328 e. The van der Waals surface area contributed by atoms with Crippen LogP contribution >= 0.6 is 11.3 Å². The van der Waals surface area contributed by atoms with Crippen molar-refractivity contribution in [2.24, 2.45) is 0 Å². The number of hydrogen-bond donors (Lipinski definition) is 1. The van der Waals surface area contributed by atoms with Crippen LogP contribution in [-0.2, 0) is 4.79 Å². The van der Waals surface area contributed by atoms with E-state index in [1.807, 2.05) is 11.6 Å². The number of ketones is 1. The van der Waals surface area contributed by atoms with Crippen molar-refractivity contribution in [1.29, 1.82) is 0 Å². The lowest BCUT2D eigenvalue weighted by molar-refractivity contribution is -0.116. The number of aryl methyl sites for hydroxylation is 2. The van der Waals surface area contributed by atoms with E-state index in [1.165, 1.54) is 4.88 Å². The monoisotopic (exact) mass is 300 g/mol. The van der Waals surface area contributed by atoms with Crippen LogP contribution in [0.15, 0.2) is 23.4 Å². The smallest absolute Gasteiger partial charge is 0.226 e. The van der Waals surface area contributed by atoms with Crippen LogP contribution in [0.1, 0.15) is 40.9 Å². The molecular weight excluding hydrogens is 284 g/mol. The number of anilines is 1. The molecule has 0 saturated carbocycles. The molecule has 21 heavy (non-hydrogen) atoms. The first kappa shape index (κ1) is 12.8. The molecule has 1 unspecified atom stereocenters. The quantitative estimate of drug-likeness (QED) is 0.879. The summed E-state index contributed by atoms with van der Waals surface area (Å²) in [6.45, 7) is 3.96. The number of nitrogens with one attached hydrogen (secondary N) is 1. The number of hydrogen-bond acceptors (Lipinski definition) is 5. The molecule has 2 aliphatic rings. The highest BCUT2D eigenvalue weighted by Gasteiger charge is 2.37. The van der Waals surface area contributed by atoms with Crippen molar-refractivity contribution >= 4 is 23.1 Å². The molecule has 1 aliphatic heterocycles. The van der Waals surface area contributed by atoms with E-state index in [-0.39, 0.29) is 11.8 Å². The van der Waals surface area contributed by atoms with E-state index in [9.17, 15) is 4.79 Å². The van der Waals surface area contributed by atoms with Crippen LogP contribution in [0.5, 0.6) is 0 Å². The van der Waals surface area contributed by atoms with Gasteiger partial charge in [0.05, 0.1) is 0 Å². The van der Waals surface area contributed by atoms with E-state index < -0.39 is 0 Å². The lowest BCUT2D eigenvalue weighted by atomic mass is 9.88. The fraction of sp³-hybridized carbons (Fsp3) is 0.400. The molecule has 0 radical (unpaired) electrons. The molecule has 6 heteroatoms. The standard InChI is InChI=1S/C15H16N4OS/c1-8-6-7-12(21-8)14-13-10(4-3-5-11(13)20)17-15-16-9(2)18-19(14)15/h6-7,14H,3-5H2,1-2H3,(H,16,17,18). The van der Waals surface area contributed by atoms with Gasteiger partial charge in [0.25, 0.3) is 0 Å². The highest BCUT2D eigenvalue weighted by Crippen LogP contribution is 2.41. The first-order valence-corrected chi connectivity index (χ1v) is 7.98. The lowest BCUT2D eigenvalue weighted by Crippen LogP contribution is -2.31. The van der Waals surface area contributed by atoms with E-state index in [2.05, 4.69) is 34.5 Å². The molecule has 4 rings (SSSR count). The minimum Gasteiger partial charge on any atom is -0.328 e. The molecule has 0 bridgehead atoms. The Morgan fingerprint density at radius 3 is 2.95 bits per heavy atom. The third-order valence-corrected chi connectivity index (χ3v) is 5.06. The predicted octanol–water partition coefficient (Wildman–Crippen LogP) is 2.98. The van der Waals surface area contributed by atoms with Gasteiger partial charge in [0.15, 0.2) is 5.78 Å². The van der Waals surface area contributed by atoms with E-state index in [1.54, 1.807) is 11.3 Å². The summed E-state index contributed by atoms with van der Waals surface area (Å²) in [6.07, 6.45) is 2.45. The van der Waals surface area contributed by atoms with Crippen LogP contribution in [0.25, 0.3) is 0 Å². The second kappa shape index (κ2) is 4.53. The summed E-state index contributed by atoms with van der Waals surface area (Å²) in [4.78, 5) is 19.3. The molecule has 108 valence electrons. The third kappa shape index (κ3) is 1.93. The van der Waals surface area contributed by atoms with Crippen LogP contribution in [0.4, 0.5) is 5.95 Å². The van der Waals surface area contributed by atoms with E-state index in [0.29, 0.717) is 6.42 Å². The number of carbonyl (C=O) groups is 1. The highest BCUT2D eigenvalue weighted by atomic mass is 32.1. The summed E-state index contributed by atoms with van der Waals surface area (Å²) in [7, 11) is 0. The minimum atomic E-state index is -0.121. The molecule has 0 spiro atoms. The van der Waals surface area contributed by atoms with Gasteiger partial charge in [-0.05, 0) is 38.8 Å². The van der Waals surface area contributed by atoms with Gasteiger partial charge in [-0.2, -0.15) is 10.1 Å². The molecule has 1 N–H and O–H groups in total. The average molecular weight is 300 g/mol. The number of thiophene rings is 1. The zero-order chi connectivity index (χ0) is 14.6. The molecule has 2 aromatic heterocycles. The maximum absolute atomic E-state index is 12.5. The second-order valence-electron chi connectivity index (χ2n) is 5.57. The number of fused-ring (bicyclic) bond motifs is 1. The molecule has 0 aromatic carbocycles. The number of Topliss-reactive ketones (excluding diaryl/α,β-unsaturated/α-hetero) is 1. The van der Waals surface area contributed by atoms with Crippen molar-refractivity contribution in [3.63, 3.8) is 0 Å². The molecule has 5 nitrogen and oxygen atoms in total. The Morgan fingerprint density at radius 2 is 2.19 bits per heavy atom. The van der Waals surface area contributed by atoms with Crippen molar-refractivity contribution in [1.82, 2.24) is 14.8 Å². The Labute approximate surface area is 126 Å². The van der Waals surface area contributed by atoms with Gasteiger partial charge < -0.3 is 5.32 Å². The molecule has 1 aliphatic carbocycles. The van der Waals surface area contributed by atoms with E-state index in [0.717, 1.165) is 40.8 Å². The number of allylic oxidation sites excluding steroid dienone is 2.